The van der Waals surface area contributed by atoms with Crippen LogP contribution in [0, 0.1) is 11.3 Å². The van der Waals surface area contributed by atoms with Gasteiger partial charge in [0.05, 0.1) is 11.4 Å². The summed E-state index contributed by atoms with van der Waals surface area (Å²) in [5, 5.41) is 11.7. The molecule has 1 aliphatic heterocycles. The predicted octanol–water partition coefficient (Wildman–Crippen LogP) is 3.19. The third-order valence-corrected chi connectivity index (χ3v) is 3.74. The number of rotatable bonds is 5. The van der Waals surface area contributed by atoms with Crippen molar-refractivity contribution in [1.29, 1.82) is 5.26 Å². The molecule has 0 bridgehead atoms. The highest BCUT2D eigenvalue weighted by molar-refractivity contribution is 6.32. The summed E-state index contributed by atoms with van der Waals surface area (Å²) < 4.78 is 16.1. The number of amides is 1. The van der Waals surface area contributed by atoms with E-state index in [1.54, 1.807) is 36.4 Å². The summed E-state index contributed by atoms with van der Waals surface area (Å²) in [6.45, 7) is 0.899. The van der Waals surface area contributed by atoms with E-state index < -0.39 is 0 Å². The summed E-state index contributed by atoms with van der Waals surface area (Å²) in [6.07, 6.45) is 0.156. The first kappa shape index (κ1) is 16.9. The second kappa shape index (κ2) is 7.77. The third kappa shape index (κ3) is 4.34. The molecule has 0 saturated carbocycles. The Balaban J connectivity index is 1.63. The minimum absolute atomic E-state index is 0.0173. The molecule has 0 saturated heterocycles. The Morgan fingerprint density at radius 2 is 2.00 bits per heavy atom. The number of anilines is 1. The summed E-state index contributed by atoms with van der Waals surface area (Å²) in [4.78, 5) is 12.2. The summed E-state index contributed by atoms with van der Waals surface area (Å²) in [7, 11) is 0. The van der Waals surface area contributed by atoms with Gasteiger partial charge in [-0.25, -0.2) is 0 Å². The number of ether oxygens (including phenoxy) is 3. The first-order valence-electron chi connectivity index (χ1n) is 7.63. The lowest BCUT2D eigenvalue weighted by Crippen LogP contribution is -2.17. The number of nitriles is 1. The summed E-state index contributed by atoms with van der Waals surface area (Å²) in [5.41, 5.74) is 1.37. The van der Waals surface area contributed by atoms with E-state index >= 15 is 0 Å². The van der Waals surface area contributed by atoms with E-state index in [0.717, 1.165) is 5.56 Å². The van der Waals surface area contributed by atoms with E-state index in [-0.39, 0.29) is 18.9 Å². The number of nitrogens with zero attached hydrogens (tertiary/aromatic N) is 1. The Hall–Kier alpha value is -2.91. The van der Waals surface area contributed by atoms with Crippen LogP contribution in [-0.4, -0.2) is 25.7 Å². The van der Waals surface area contributed by atoms with Gasteiger partial charge in [0.1, 0.15) is 25.0 Å². The monoisotopic (exact) mass is 358 g/mol. The number of halogens is 1. The number of fused-ring (bicyclic) bond motifs is 1. The highest BCUT2D eigenvalue weighted by Crippen LogP contribution is 2.38. The molecule has 0 spiro atoms. The smallest absolute Gasteiger partial charge is 0.228 e. The SMILES string of the molecule is N#CCOc1ccc(NC(=O)Cc2cc(Cl)c3c(c2)OCCO3)cc1. The van der Waals surface area contributed by atoms with Gasteiger partial charge >= 0.3 is 0 Å². The van der Waals surface area contributed by atoms with Crippen molar-refractivity contribution in [3.8, 4) is 23.3 Å². The molecule has 1 heterocycles. The van der Waals surface area contributed by atoms with Crippen LogP contribution in [0.15, 0.2) is 36.4 Å². The summed E-state index contributed by atoms with van der Waals surface area (Å²) in [5.74, 6) is 1.46. The second-order valence-corrected chi connectivity index (χ2v) is 5.71. The van der Waals surface area contributed by atoms with Crippen LogP contribution in [0.4, 0.5) is 5.69 Å². The van der Waals surface area contributed by atoms with Gasteiger partial charge in [-0.2, -0.15) is 5.26 Å². The van der Waals surface area contributed by atoms with Gasteiger partial charge < -0.3 is 19.5 Å². The highest BCUT2D eigenvalue weighted by atomic mass is 35.5. The van der Waals surface area contributed by atoms with Crippen LogP contribution >= 0.6 is 11.6 Å². The average Bonchev–Trinajstić information content (AvgIpc) is 2.61. The quantitative estimate of drug-likeness (QED) is 0.887. The van der Waals surface area contributed by atoms with Crippen LogP contribution in [0.3, 0.4) is 0 Å². The largest absolute Gasteiger partial charge is 0.486 e. The maximum absolute atomic E-state index is 12.2. The van der Waals surface area contributed by atoms with Gasteiger partial charge in [0.2, 0.25) is 5.91 Å². The topological polar surface area (TPSA) is 80.6 Å². The van der Waals surface area contributed by atoms with E-state index in [4.69, 9.17) is 31.1 Å². The second-order valence-electron chi connectivity index (χ2n) is 5.30. The lowest BCUT2D eigenvalue weighted by atomic mass is 10.1. The molecule has 6 nitrogen and oxygen atoms in total. The van der Waals surface area contributed by atoms with Crippen LogP contribution in [0.5, 0.6) is 17.2 Å². The van der Waals surface area contributed by atoms with Crippen molar-refractivity contribution in [2.24, 2.45) is 0 Å². The minimum atomic E-state index is -0.182. The molecule has 0 unspecified atom stereocenters. The molecule has 128 valence electrons. The van der Waals surface area contributed by atoms with Gasteiger partial charge in [-0.1, -0.05) is 11.6 Å². The van der Waals surface area contributed by atoms with Gasteiger partial charge in [-0.05, 0) is 42.0 Å². The van der Waals surface area contributed by atoms with E-state index in [1.807, 2.05) is 6.07 Å². The Kier molecular flexibility index (Phi) is 5.26. The van der Waals surface area contributed by atoms with Crippen molar-refractivity contribution in [2.45, 2.75) is 6.42 Å². The fourth-order valence-electron chi connectivity index (χ4n) is 2.41. The average molecular weight is 359 g/mol. The van der Waals surface area contributed by atoms with E-state index in [2.05, 4.69) is 5.32 Å². The zero-order valence-electron chi connectivity index (χ0n) is 13.3. The number of carbonyl (C=O) groups is 1. The molecule has 0 radical (unpaired) electrons. The maximum atomic E-state index is 12.2. The van der Waals surface area contributed by atoms with Crippen LogP contribution in [0.25, 0.3) is 0 Å². The van der Waals surface area contributed by atoms with E-state index in [0.29, 0.717) is 41.2 Å². The van der Waals surface area contributed by atoms with Gasteiger partial charge in [-0.3, -0.25) is 4.79 Å². The maximum Gasteiger partial charge on any atom is 0.228 e. The molecule has 0 atom stereocenters. The molecular weight excluding hydrogens is 344 g/mol. The Morgan fingerprint density at radius 3 is 2.76 bits per heavy atom. The van der Waals surface area contributed by atoms with Crippen molar-refractivity contribution in [2.75, 3.05) is 25.1 Å². The molecule has 25 heavy (non-hydrogen) atoms. The molecule has 3 rings (SSSR count). The molecule has 2 aromatic rings. The number of hydrogen-bond donors (Lipinski definition) is 1. The summed E-state index contributed by atoms with van der Waals surface area (Å²) in [6, 6.07) is 12.2. The van der Waals surface area contributed by atoms with Crippen molar-refractivity contribution in [3.05, 3.63) is 47.0 Å². The Morgan fingerprint density at radius 1 is 1.24 bits per heavy atom. The lowest BCUT2D eigenvalue weighted by molar-refractivity contribution is -0.115. The van der Waals surface area contributed by atoms with Crippen molar-refractivity contribution in [3.63, 3.8) is 0 Å². The zero-order valence-corrected chi connectivity index (χ0v) is 14.0. The standard InChI is InChI=1S/C18H15ClN2O4/c19-15-9-12(10-16-18(15)25-8-7-24-16)11-17(22)21-13-1-3-14(4-2-13)23-6-5-20/h1-4,9-10H,6-8,11H2,(H,21,22). The molecule has 1 aliphatic rings. The molecule has 2 aromatic carbocycles. The number of benzene rings is 2. The molecule has 1 N–H and O–H groups in total. The van der Waals surface area contributed by atoms with Crippen molar-refractivity contribution < 1.29 is 19.0 Å². The first-order chi connectivity index (χ1) is 12.2. The predicted molar refractivity (Wildman–Crippen MR) is 92.3 cm³/mol. The molecule has 0 aromatic heterocycles. The molecular formula is C18H15ClN2O4. The Labute approximate surface area is 149 Å². The lowest BCUT2D eigenvalue weighted by Gasteiger charge is -2.20. The van der Waals surface area contributed by atoms with E-state index in [9.17, 15) is 4.79 Å². The van der Waals surface area contributed by atoms with Gasteiger partial charge in [-0.15, -0.1) is 0 Å². The van der Waals surface area contributed by atoms with Crippen LogP contribution in [0.2, 0.25) is 5.02 Å². The third-order valence-electron chi connectivity index (χ3n) is 3.46. The van der Waals surface area contributed by atoms with Gasteiger partial charge in [0.15, 0.2) is 18.1 Å². The Bertz CT molecular complexity index is 815. The molecule has 7 heteroatoms. The highest BCUT2D eigenvalue weighted by Gasteiger charge is 2.17. The van der Waals surface area contributed by atoms with Crippen LogP contribution in [-0.2, 0) is 11.2 Å². The van der Waals surface area contributed by atoms with Gasteiger partial charge in [0.25, 0.3) is 0 Å². The van der Waals surface area contributed by atoms with Crippen LogP contribution < -0.4 is 19.5 Å². The normalized spacial score (nSPS) is 12.2. The van der Waals surface area contributed by atoms with Gasteiger partial charge in [0, 0.05) is 5.69 Å². The number of nitrogens with one attached hydrogen (secondary N) is 1. The number of hydrogen-bond acceptors (Lipinski definition) is 5. The molecule has 0 fully saturated rings. The zero-order chi connectivity index (χ0) is 17.6. The number of carbonyl (C=O) groups excluding carboxylic acids is 1. The van der Waals surface area contributed by atoms with Crippen molar-refractivity contribution >= 4 is 23.2 Å². The van der Waals surface area contributed by atoms with E-state index in [1.165, 1.54) is 0 Å². The summed E-state index contributed by atoms with van der Waals surface area (Å²) >= 11 is 6.18. The molecule has 1 amide bonds. The molecule has 0 aliphatic carbocycles. The fraction of sp³-hybridized carbons (Fsp3) is 0.222. The fourth-order valence-corrected chi connectivity index (χ4v) is 2.69. The van der Waals surface area contributed by atoms with Crippen molar-refractivity contribution in [1.82, 2.24) is 0 Å². The first-order valence-corrected chi connectivity index (χ1v) is 8.01. The minimum Gasteiger partial charge on any atom is -0.486 e. The van der Waals surface area contributed by atoms with Crippen LogP contribution in [0.1, 0.15) is 5.56 Å².